The SMILES string of the molecule is COc1ccc(-c2nnc(SCC(=O)NN=C(C)c3ccc(F)cc3)n2-c2ccccc2)cc1OC. The van der Waals surface area contributed by atoms with Gasteiger partial charge in [-0.25, -0.2) is 9.82 Å². The number of nitrogens with one attached hydrogen (secondary N) is 1. The van der Waals surface area contributed by atoms with Crippen LogP contribution in [0.2, 0.25) is 0 Å². The summed E-state index contributed by atoms with van der Waals surface area (Å²) in [7, 11) is 3.15. The van der Waals surface area contributed by atoms with E-state index in [9.17, 15) is 9.18 Å². The molecule has 0 radical (unpaired) electrons. The molecular weight excluding hydrogens is 481 g/mol. The summed E-state index contributed by atoms with van der Waals surface area (Å²) in [5.41, 5.74) is 5.44. The average Bonchev–Trinajstić information content (AvgIpc) is 3.35. The van der Waals surface area contributed by atoms with Crippen LogP contribution in [0.3, 0.4) is 0 Å². The molecule has 36 heavy (non-hydrogen) atoms. The first-order valence-corrected chi connectivity index (χ1v) is 11.9. The summed E-state index contributed by atoms with van der Waals surface area (Å²) in [4.78, 5) is 12.5. The van der Waals surface area contributed by atoms with Gasteiger partial charge in [-0.2, -0.15) is 5.10 Å². The molecule has 1 heterocycles. The number of nitrogens with zero attached hydrogens (tertiary/aromatic N) is 4. The van der Waals surface area contributed by atoms with E-state index in [-0.39, 0.29) is 17.5 Å². The lowest BCUT2D eigenvalue weighted by atomic mass is 10.1. The largest absolute Gasteiger partial charge is 0.493 e. The maximum absolute atomic E-state index is 13.1. The number of benzene rings is 3. The van der Waals surface area contributed by atoms with Gasteiger partial charge in [-0.05, 0) is 55.0 Å². The van der Waals surface area contributed by atoms with Gasteiger partial charge >= 0.3 is 0 Å². The molecule has 0 saturated heterocycles. The van der Waals surface area contributed by atoms with Gasteiger partial charge in [-0.3, -0.25) is 9.36 Å². The topological polar surface area (TPSA) is 90.6 Å². The summed E-state index contributed by atoms with van der Waals surface area (Å²) in [5, 5.41) is 13.4. The number of rotatable bonds is 9. The summed E-state index contributed by atoms with van der Waals surface area (Å²) < 4.78 is 25.8. The van der Waals surface area contributed by atoms with E-state index < -0.39 is 0 Å². The van der Waals surface area contributed by atoms with E-state index in [1.165, 1.54) is 23.9 Å². The first-order chi connectivity index (χ1) is 17.5. The molecule has 10 heteroatoms. The zero-order valence-corrected chi connectivity index (χ0v) is 20.8. The zero-order chi connectivity index (χ0) is 25.5. The number of hydrogen-bond donors (Lipinski definition) is 1. The van der Waals surface area contributed by atoms with Crippen LogP contribution in [0, 0.1) is 5.82 Å². The molecule has 0 aliphatic carbocycles. The van der Waals surface area contributed by atoms with Crippen LogP contribution in [0.5, 0.6) is 11.5 Å². The monoisotopic (exact) mass is 505 g/mol. The fraction of sp³-hybridized carbons (Fsp3) is 0.154. The Bertz CT molecular complexity index is 1370. The number of para-hydroxylation sites is 1. The van der Waals surface area contributed by atoms with Crippen molar-refractivity contribution in [1.29, 1.82) is 0 Å². The number of thioether (sulfide) groups is 1. The van der Waals surface area contributed by atoms with Gasteiger partial charge in [0.05, 0.1) is 25.7 Å². The number of carbonyl (C=O) groups excluding carboxylic acids is 1. The third-order valence-electron chi connectivity index (χ3n) is 5.23. The van der Waals surface area contributed by atoms with Crippen molar-refractivity contribution in [2.45, 2.75) is 12.1 Å². The second kappa shape index (κ2) is 11.5. The quantitative estimate of drug-likeness (QED) is 0.201. The minimum absolute atomic E-state index is 0.0666. The highest BCUT2D eigenvalue weighted by molar-refractivity contribution is 7.99. The molecule has 184 valence electrons. The van der Waals surface area contributed by atoms with Crippen molar-refractivity contribution in [3.63, 3.8) is 0 Å². The van der Waals surface area contributed by atoms with Crippen LogP contribution in [0.25, 0.3) is 17.1 Å². The number of ether oxygens (including phenoxy) is 2. The van der Waals surface area contributed by atoms with E-state index in [0.717, 1.165) is 11.3 Å². The summed E-state index contributed by atoms with van der Waals surface area (Å²) >= 11 is 1.24. The highest BCUT2D eigenvalue weighted by atomic mass is 32.2. The van der Waals surface area contributed by atoms with Gasteiger partial charge in [-0.1, -0.05) is 42.1 Å². The van der Waals surface area contributed by atoms with Gasteiger partial charge in [0.15, 0.2) is 22.5 Å². The predicted octanol–water partition coefficient (Wildman–Crippen LogP) is 4.72. The lowest BCUT2D eigenvalue weighted by Crippen LogP contribution is -2.21. The van der Waals surface area contributed by atoms with Crippen molar-refractivity contribution in [2.75, 3.05) is 20.0 Å². The highest BCUT2D eigenvalue weighted by Gasteiger charge is 2.18. The van der Waals surface area contributed by atoms with Crippen LogP contribution in [0.1, 0.15) is 12.5 Å². The molecule has 0 unspecified atom stereocenters. The third-order valence-corrected chi connectivity index (χ3v) is 6.16. The zero-order valence-electron chi connectivity index (χ0n) is 19.9. The molecule has 1 N–H and O–H groups in total. The molecular formula is C26H24FN5O3S. The van der Waals surface area contributed by atoms with Gasteiger partial charge in [0.2, 0.25) is 0 Å². The van der Waals surface area contributed by atoms with Crippen molar-refractivity contribution in [2.24, 2.45) is 5.10 Å². The fourth-order valence-electron chi connectivity index (χ4n) is 3.40. The van der Waals surface area contributed by atoms with Gasteiger partial charge in [0.25, 0.3) is 5.91 Å². The van der Waals surface area contributed by atoms with E-state index in [4.69, 9.17) is 9.47 Å². The van der Waals surface area contributed by atoms with Gasteiger partial charge in [0.1, 0.15) is 5.82 Å². The summed E-state index contributed by atoms with van der Waals surface area (Å²) in [6, 6.07) is 21.0. The van der Waals surface area contributed by atoms with Crippen LogP contribution in [0.15, 0.2) is 83.1 Å². The van der Waals surface area contributed by atoms with Crippen molar-refractivity contribution in [3.05, 3.63) is 84.2 Å². The molecule has 1 aromatic heterocycles. The standard InChI is InChI=1S/C26H24FN5O3S/c1-17(18-9-12-20(27)13-10-18)28-29-24(33)16-36-26-31-30-25(32(26)21-7-5-4-6-8-21)19-11-14-22(34-2)23(15-19)35-3/h4-15H,16H2,1-3H3,(H,29,33). The molecule has 0 saturated carbocycles. The third kappa shape index (κ3) is 5.72. The van der Waals surface area contributed by atoms with Crippen LogP contribution in [-0.2, 0) is 4.79 Å². The lowest BCUT2D eigenvalue weighted by molar-refractivity contribution is -0.118. The first-order valence-electron chi connectivity index (χ1n) is 10.9. The predicted molar refractivity (Wildman–Crippen MR) is 137 cm³/mol. The Hall–Kier alpha value is -4.18. The first kappa shape index (κ1) is 24.9. The Kier molecular flexibility index (Phi) is 7.96. The van der Waals surface area contributed by atoms with E-state index in [0.29, 0.717) is 33.8 Å². The number of carbonyl (C=O) groups is 1. The van der Waals surface area contributed by atoms with E-state index in [2.05, 4.69) is 20.7 Å². The molecule has 0 bridgehead atoms. The van der Waals surface area contributed by atoms with Crippen molar-refractivity contribution < 1.29 is 18.7 Å². The highest BCUT2D eigenvalue weighted by Crippen LogP contribution is 2.34. The smallest absolute Gasteiger partial charge is 0.250 e. The number of halogens is 1. The van der Waals surface area contributed by atoms with Crippen molar-refractivity contribution in [3.8, 4) is 28.6 Å². The van der Waals surface area contributed by atoms with Crippen LogP contribution in [-0.4, -0.2) is 46.4 Å². The number of hydrogen-bond acceptors (Lipinski definition) is 7. The molecule has 3 aromatic carbocycles. The maximum Gasteiger partial charge on any atom is 0.250 e. The Morgan fingerprint density at radius 2 is 1.72 bits per heavy atom. The van der Waals surface area contributed by atoms with Crippen molar-refractivity contribution >= 4 is 23.4 Å². The maximum atomic E-state index is 13.1. The normalized spacial score (nSPS) is 11.3. The van der Waals surface area contributed by atoms with Crippen molar-refractivity contribution in [1.82, 2.24) is 20.2 Å². The van der Waals surface area contributed by atoms with Crippen LogP contribution < -0.4 is 14.9 Å². The molecule has 0 fully saturated rings. The fourth-order valence-corrected chi connectivity index (χ4v) is 4.14. The Morgan fingerprint density at radius 1 is 1.00 bits per heavy atom. The van der Waals surface area contributed by atoms with Crippen LogP contribution >= 0.6 is 11.8 Å². The molecule has 0 spiro atoms. The Labute approximate surface area is 212 Å². The Morgan fingerprint density at radius 3 is 2.42 bits per heavy atom. The molecule has 4 rings (SSSR count). The van der Waals surface area contributed by atoms with Gasteiger partial charge < -0.3 is 9.47 Å². The second-order valence-corrected chi connectivity index (χ2v) is 8.52. The molecule has 4 aromatic rings. The van der Waals surface area contributed by atoms with Gasteiger partial charge in [0, 0.05) is 11.3 Å². The minimum Gasteiger partial charge on any atom is -0.493 e. The molecule has 8 nitrogen and oxygen atoms in total. The number of aromatic nitrogens is 3. The molecule has 0 aliphatic heterocycles. The minimum atomic E-state index is -0.332. The summed E-state index contributed by atoms with van der Waals surface area (Å²) in [5.74, 6) is 1.20. The molecule has 0 atom stereocenters. The summed E-state index contributed by atoms with van der Waals surface area (Å²) in [6.07, 6.45) is 0. The van der Waals surface area contributed by atoms with Gasteiger partial charge in [-0.15, -0.1) is 10.2 Å². The number of hydrazone groups is 1. The second-order valence-electron chi connectivity index (χ2n) is 7.57. The summed E-state index contributed by atoms with van der Waals surface area (Å²) in [6.45, 7) is 1.74. The molecule has 0 aliphatic rings. The molecule has 1 amide bonds. The van der Waals surface area contributed by atoms with E-state index in [1.807, 2.05) is 47.0 Å². The average molecular weight is 506 g/mol. The van der Waals surface area contributed by atoms with Crippen LogP contribution in [0.4, 0.5) is 4.39 Å². The lowest BCUT2D eigenvalue weighted by Gasteiger charge is -2.12. The van der Waals surface area contributed by atoms with E-state index >= 15 is 0 Å². The number of methoxy groups -OCH3 is 2. The number of amides is 1. The Balaban J connectivity index is 1.55. The van der Waals surface area contributed by atoms with E-state index in [1.54, 1.807) is 39.3 Å².